The number of H-pyrrole nitrogens is 1. The molecule has 0 spiro atoms. The van der Waals surface area contributed by atoms with Crippen molar-refractivity contribution in [2.75, 3.05) is 19.6 Å². The number of nitrogens with zero attached hydrogens (tertiary/aromatic N) is 1. The number of aromatic amines is 1. The Balaban J connectivity index is 1.34. The number of aryl methyl sites for hydroxylation is 2. The molecule has 0 radical (unpaired) electrons. The van der Waals surface area contributed by atoms with Crippen molar-refractivity contribution in [1.82, 2.24) is 15.2 Å². The van der Waals surface area contributed by atoms with Gasteiger partial charge in [-0.15, -0.1) is 0 Å². The first-order valence-electron chi connectivity index (χ1n) is 10.5. The van der Waals surface area contributed by atoms with Crippen LogP contribution in [0.1, 0.15) is 59.1 Å². The maximum atomic E-state index is 12.9. The number of fused-ring (bicyclic) bond motifs is 3. The van der Waals surface area contributed by atoms with E-state index in [9.17, 15) is 4.79 Å². The molecule has 5 heteroatoms. The van der Waals surface area contributed by atoms with Gasteiger partial charge in [0.05, 0.1) is 12.3 Å². The van der Waals surface area contributed by atoms with E-state index in [4.69, 9.17) is 4.42 Å². The summed E-state index contributed by atoms with van der Waals surface area (Å²) in [6, 6.07) is 10.1. The molecular weight excluding hydrogens is 350 g/mol. The average Bonchev–Trinajstić information content (AvgIpc) is 3.48. The van der Waals surface area contributed by atoms with Gasteiger partial charge in [-0.2, -0.15) is 0 Å². The fraction of sp³-hybridized carbons (Fsp3) is 0.435. The molecule has 5 rings (SSSR count). The number of hydrogen-bond acceptors (Lipinski definition) is 3. The van der Waals surface area contributed by atoms with Gasteiger partial charge in [0.1, 0.15) is 5.76 Å². The van der Waals surface area contributed by atoms with Crippen LogP contribution in [0.3, 0.4) is 0 Å². The van der Waals surface area contributed by atoms with Crippen LogP contribution in [0.5, 0.6) is 0 Å². The summed E-state index contributed by atoms with van der Waals surface area (Å²) in [4.78, 5) is 18.8. The fourth-order valence-corrected chi connectivity index (χ4v) is 4.78. The van der Waals surface area contributed by atoms with E-state index in [0.29, 0.717) is 6.54 Å². The number of rotatable bonds is 5. The maximum absolute atomic E-state index is 12.9. The molecule has 1 amide bonds. The van der Waals surface area contributed by atoms with Gasteiger partial charge < -0.3 is 14.7 Å². The Morgan fingerprint density at radius 2 is 2.00 bits per heavy atom. The van der Waals surface area contributed by atoms with Crippen LogP contribution in [-0.4, -0.2) is 35.4 Å². The zero-order valence-electron chi connectivity index (χ0n) is 16.2. The van der Waals surface area contributed by atoms with Crippen molar-refractivity contribution in [2.45, 2.75) is 44.6 Å². The SMILES string of the molecule is O=C(NC[C@@H](c1ccco1)N1CCCC1)c1ccc2[nH]c3c(c2c1)CCCC3. The summed E-state index contributed by atoms with van der Waals surface area (Å²) >= 11 is 0. The van der Waals surface area contributed by atoms with Gasteiger partial charge in [-0.05, 0) is 87.5 Å². The van der Waals surface area contributed by atoms with E-state index in [1.807, 2.05) is 24.3 Å². The number of carbonyl (C=O) groups excluding carboxylic acids is 1. The molecule has 2 N–H and O–H groups in total. The van der Waals surface area contributed by atoms with Crippen LogP contribution in [0.4, 0.5) is 0 Å². The summed E-state index contributed by atoms with van der Waals surface area (Å²) in [7, 11) is 0. The Hall–Kier alpha value is -2.53. The highest BCUT2D eigenvalue weighted by atomic mass is 16.3. The molecule has 28 heavy (non-hydrogen) atoms. The third-order valence-electron chi connectivity index (χ3n) is 6.27. The predicted molar refractivity (Wildman–Crippen MR) is 110 cm³/mol. The number of benzene rings is 1. The molecule has 0 saturated carbocycles. The first-order valence-corrected chi connectivity index (χ1v) is 10.5. The number of aromatic nitrogens is 1. The highest BCUT2D eigenvalue weighted by molar-refractivity contribution is 5.99. The molecule has 1 saturated heterocycles. The molecular formula is C23H27N3O2. The third kappa shape index (κ3) is 3.24. The van der Waals surface area contributed by atoms with E-state index < -0.39 is 0 Å². The van der Waals surface area contributed by atoms with E-state index in [2.05, 4.69) is 21.3 Å². The van der Waals surface area contributed by atoms with Crippen molar-refractivity contribution in [1.29, 1.82) is 0 Å². The molecule has 0 unspecified atom stereocenters. The Morgan fingerprint density at radius 1 is 1.14 bits per heavy atom. The summed E-state index contributed by atoms with van der Waals surface area (Å²) < 4.78 is 5.66. The minimum atomic E-state index is -0.0107. The van der Waals surface area contributed by atoms with Crippen molar-refractivity contribution in [3.8, 4) is 0 Å². The second-order valence-electron chi connectivity index (χ2n) is 8.03. The maximum Gasteiger partial charge on any atom is 0.251 e. The normalized spacial score (nSPS) is 18.3. The third-order valence-corrected chi connectivity index (χ3v) is 6.27. The largest absolute Gasteiger partial charge is 0.468 e. The van der Waals surface area contributed by atoms with Gasteiger partial charge in [0.15, 0.2) is 0 Å². The minimum Gasteiger partial charge on any atom is -0.468 e. The van der Waals surface area contributed by atoms with Crippen LogP contribution in [0.25, 0.3) is 10.9 Å². The lowest BCUT2D eigenvalue weighted by Gasteiger charge is -2.26. The lowest BCUT2D eigenvalue weighted by atomic mass is 9.95. The summed E-state index contributed by atoms with van der Waals surface area (Å²) in [5.74, 6) is 0.917. The van der Waals surface area contributed by atoms with Crippen molar-refractivity contribution in [2.24, 2.45) is 0 Å². The highest BCUT2D eigenvalue weighted by Gasteiger charge is 2.26. The zero-order valence-corrected chi connectivity index (χ0v) is 16.2. The van der Waals surface area contributed by atoms with Crippen LogP contribution >= 0.6 is 0 Å². The van der Waals surface area contributed by atoms with Crippen LogP contribution in [0, 0.1) is 0 Å². The Kier molecular flexibility index (Phi) is 4.69. The van der Waals surface area contributed by atoms with E-state index in [1.54, 1.807) is 6.26 Å². The van der Waals surface area contributed by atoms with Crippen LogP contribution in [0.2, 0.25) is 0 Å². The lowest BCUT2D eigenvalue weighted by molar-refractivity contribution is 0.0934. The van der Waals surface area contributed by atoms with Gasteiger partial charge in [-0.1, -0.05) is 0 Å². The first-order chi connectivity index (χ1) is 13.8. The van der Waals surface area contributed by atoms with E-state index in [0.717, 1.165) is 42.8 Å². The van der Waals surface area contributed by atoms with Gasteiger partial charge in [0.25, 0.3) is 5.91 Å². The second-order valence-corrected chi connectivity index (χ2v) is 8.03. The first kappa shape index (κ1) is 17.6. The van der Waals surface area contributed by atoms with Gasteiger partial charge in [0, 0.05) is 28.7 Å². The molecule has 3 heterocycles. The van der Waals surface area contributed by atoms with Gasteiger partial charge in [-0.25, -0.2) is 0 Å². The molecule has 1 aliphatic carbocycles. The van der Waals surface area contributed by atoms with Crippen LogP contribution in [-0.2, 0) is 12.8 Å². The van der Waals surface area contributed by atoms with Gasteiger partial charge in [0.2, 0.25) is 0 Å². The summed E-state index contributed by atoms with van der Waals surface area (Å²) in [5.41, 5.74) is 4.64. The van der Waals surface area contributed by atoms with E-state index in [1.165, 1.54) is 42.3 Å². The molecule has 5 nitrogen and oxygen atoms in total. The highest BCUT2D eigenvalue weighted by Crippen LogP contribution is 2.30. The number of amides is 1. The number of likely N-dealkylation sites (tertiary alicyclic amines) is 1. The Morgan fingerprint density at radius 3 is 2.82 bits per heavy atom. The standard InChI is InChI=1S/C23H27N3O2/c27-23(24-15-21(22-8-5-13-28-22)26-11-3-4-12-26)16-9-10-20-18(14-16)17-6-1-2-7-19(17)25-20/h5,8-10,13-14,21,25H,1-4,6-7,11-12,15H2,(H,24,27)/t21-/m0/s1. The molecule has 0 bridgehead atoms. The summed E-state index contributed by atoms with van der Waals surface area (Å²) in [5, 5.41) is 4.36. The van der Waals surface area contributed by atoms with Crippen LogP contribution < -0.4 is 5.32 Å². The molecule has 3 aromatic rings. The fourth-order valence-electron chi connectivity index (χ4n) is 4.78. The molecule has 2 aromatic heterocycles. The van der Waals surface area contributed by atoms with Crippen molar-refractivity contribution >= 4 is 16.8 Å². The molecule has 2 aliphatic rings. The smallest absolute Gasteiger partial charge is 0.251 e. The Labute approximate surface area is 165 Å². The Bertz CT molecular complexity index is 967. The summed E-state index contributed by atoms with van der Waals surface area (Å²) in [6.07, 6.45) is 8.83. The molecule has 1 aromatic carbocycles. The van der Waals surface area contributed by atoms with E-state index in [-0.39, 0.29) is 11.9 Å². The van der Waals surface area contributed by atoms with E-state index >= 15 is 0 Å². The minimum absolute atomic E-state index is 0.0107. The average molecular weight is 377 g/mol. The zero-order chi connectivity index (χ0) is 18.9. The number of nitrogens with one attached hydrogen (secondary N) is 2. The predicted octanol–water partition coefficient (Wildman–Crippen LogP) is 4.21. The molecule has 146 valence electrons. The number of furan rings is 1. The van der Waals surface area contributed by atoms with Crippen LogP contribution in [0.15, 0.2) is 41.0 Å². The van der Waals surface area contributed by atoms with Crippen molar-refractivity contribution in [3.05, 3.63) is 59.2 Å². The van der Waals surface area contributed by atoms with Gasteiger partial charge in [-0.3, -0.25) is 9.69 Å². The monoisotopic (exact) mass is 377 g/mol. The number of carbonyl (C=O) groups is 1. The molecule has 1 aliphatic heterocycles. The molecule has 1 fully saturated rings. The number of hydrogen-bond donors (Lipinski definition) is 2. The molecule has 1 atom stereocenters. The second kappa shape index (κ2) is 7.47. The van der Waals surface area contributed by atoms with Crippen molar-refractivity contribution < 1.29 is 9.21 Å². The topological polar surface area (TPSA) is 61.3 Å². The quantitative estimate of drug-likeness (QED) is 0.700. The van der Waals surface area contributed by atoms with Gasteiger partial charge >= 0.3 is 0 Å². The lowest BCUT2D eigenvalue weighted by Crippen LogP contribution is -2.36. The van der Waals surface area contributed by atoms with Crippen molar-refractivity contribution in [3.63, 3.8) is 0 Å². The summed E-state index contributed by atoms with van der Waals surface area (Å²) in [6.45, 7) is 2.68.